The molecule has 0 spiro atoms. The summed E-state index contributed by atoms with van der Waals surface area (Å²) in [7, 11) is 0. The molecule has 0 atom stereocenters. The minimum absolute atomic E-state index is 0.0845. The van der Waals surface area contributed by atoms with Gasteiger partial charge in [-0.2, -0.15) is 0 Å². The van der Waals surface area contributed by atoms with E-state index in [2.05, 4.69) is 18.8 Å². The van der Waals surface area contributed by atoms with E-state index < -0.39 is 0 Å². The van der Waals surface area contributed by atoms with Crippen LogP contribution in [0.4, 0.5) is 0 Å². The van der Waals surface area contributed by atoms with Gasteiger partial charge in [-0.1, -0.05) is 13.8 Å². The second-order valence-electron chi connectivity index (χ2n) is 3.46. The third-order valence-corrected chi connectivity index (χ3v) is 2.08. The largest absolute Gasteiger partial charge is 0.326 e. The molecule has 0 aliphatic carbocycles. The van der Waals surface area contributed by atoms with Gasteiger partial charge in [0.1, 0.15) is 11.5 Å². The summed E-state index contributed by atoms with van der Waals surface area (Å²) in [5.74, 6) is 1.45. The highest BCUT2D eigenvalue weighted by Crippen LogP contribution is 2.15. The van der Waals surface area contributed by atoms with Crippen LogP contribution in [0.15, 0.2) is 6.20 Å². The minimum atomic E-state index is 0.0845. The van der Waals surface area contributed by atoms with Crippen LogP contribution in [0.3, 0.4) is 0 Å². The Morgan fingerprint density at radius 1 is 1.62 bits per heavy atom. The Labute approximate surface area is 78.8 Å². The van der Waals surface area contributed by atoms with Crippen LogP contribution in [0.2, 0.25) is 0 Å². The average Bonchev–Trinajstić information content (AvgIpc) is 2.46. The third kappa shape index (κ3) is 1.79. The predicted molar refractivity (Wildman–Crippen MR) is 52.0 cm³/mol. The highest BCUT2D eigenvalue weighted by Gasteiger charge is 2.13. The van der Waals surface area contributed by atoms with Gasteiger partial charge in [0, 0.05) is 19.4 Å². The molecule has 0 saturated carbocycles. The molecule has 0 fully saturated rings. The van der Waals surface area contributed by atoms with E-state index in [4.69, 9.17) is 0 Å². The number of rotatable bonds is 3. The molecule has 13 heavy (non-hydrogen) atoms. The number of hydrogen-bond acceptors (Lipinski definition) is 2. The van der Waals surface area contributed by atoms with Gasteiger partial charge in [-0.05, 0) is 6.92 Å². The molecule has 1 aromatic heterocycles. The number of Topliss-reactive ketones (excluding diaryl/α,β-unsaturated/α-hetero) is 1. The van der Waals surface area contributed by atoms with Crippen molar-refractivity contribution in [3.8, 4) is 0 Å². The van der Waals surface area contributed by atoms with Crippen LogP contribution < -0.4 is 0 Å². The summed E-state index contributed by atoms with van der Waals surface area (Å²) >= 11 is 0. The molecule has 1 aromatic rings. The lowest BCUT2D eigenvalue weighted by Crippen LogP contribution is -2.09. The van der Waals surface area contributed by atoms with Crippen molar-refractivity contribution in [1.82, 2.24) is 9.55 Å². The zero-order chi connectivity index (χ0) is 10.0. The van der Waals surface area contributed by atoms with Gasteiger partial charge in [0.05, 0.1) is 6.20 Å². The molecular weight excluding hydrogens is 164 g/mol. The number of carbonyl (C=O) groups is 1. The van der Waals surface area contributed by atoms with Crippen LogP contribution in [0.25, 0.3) is 0 Å². The van der Waals surface area contributed by atoms with Crippen LogP contribution in [0, 0.1) is 0 Å². The molecule has 72 valence electrons. The zero-order valence-corrected chi connectivity index (χ0v) is 8.66. The van der Waals surface area contributed by atoms with E-state index in [-0.39, 0.29) is 5.78 Å². The maximum atomic E-state index is 11.2. The van der Waals surface area contributed by atoms with E-state index in [0.29, 0.717) is 11.6 Å². The topological polar surface area (TPSA) is 34.9 Å². The van der Waals surface area contributed by atoms with Crippen LogP contribution >= 0.6 is 0 Å². The molecule has 0 amide bonds. The average molecular weight is 180 g/mol. The summed E-state index contributed by atoms with van der Waals surface area (Å²) in [5.41, 5.74) is 0.714. The second-order valence-corrected chi connectivity index (χ2v) is 3.46. The van der Waals surface area contributed by atoms with Gasteiger partial charge in [-0.25, -0.2) is 4.98 Å². The van der Waals surface area contributed by atoms with Crippen molar-refractivity contribution in [2.75, 3.05) is 0 Å². The van der Waals surface area contributed by atoms with E-state index in [1.165, 1.54) is 0 Å². The molecule has 0 unspecified atom stereocenters. The fraction of sp³-hybridized carbons (Fsp3) is 0.600. The smallest absolute Gasteiger partial charge is 0.177 e. The van der Waals surface area contributed by atoms with Crippen LogP contribution in [0.1, 0.15) is 49.9 Å². The number of imidazole rings is 1. The number of nitrogens with zero attached hydrogens (tertiary/aromatic N) is 2. The lowest BCUT2D eigenvalue weighted by Gasteiger charge is -2.09. The Bertz CT molecular complexity index is 313. The standard InChI is InChI=1S/C10H16N2O/c1-5-12-9(8(4)13)6-11-10(12)7(2)3/h6-7H,5H2,1-4H3. The Balaban J connectivity index is 3.18. The van der Waals surface area contributed by atoms with Crippen molar-refractivity contribution in [2.24, 2.45) is 0 Å². The molecule has 3 nitrogen and oxygen atoms in total. The number of carbonyl (C=O) groups excluding carboxylic acids is 1. The van der Waals surface area contributed by atoms with Crippen molar-refractivity contribution in [2.45, 2.75) is 40.2 Å². The highest BCUT2D eigenvalue weighted by molar-refractivity contribution is 5.92. The highest BCUT2D eigenvalue weighted by atomic mass is 16.1. The van der Waals surface area contributed by atoms with E-state index in [9.17, 15) is 4.79 Å². The number of ketones is 1. The number of aromatic nitrogens is 2. The Kier molecular flexibility index (Phi) is 2.86. The molecule has 0 saturated heterocycles. The van der Waals surface area contributed by atoms with Crippen LogP contribution in [-0.4, -0.2) is 15.3 Å². The molecule has 1 heterocycles. The first-order valence-electron chi connectivity index (χ1n) is 4.64. The predicted octanol–water partition coefficient (Wildman–Crippen LogP) is 2.23. The van der Waals surface area contributed by atoms with Gasteiger partial charge < -0.3 is 4.57 Å². The van der Waals surface area contributed by atoms with E-state index in [0.717, 1.165) is 12.4 Å². The van der Waals surface area contributed by atoms with Crippen LogP contribution in [-0.2, 0) is 6.54 Å². The molecule has 0 N–H and O–H groups in total. The van der Waals surface area contributed by atoms with Crippen molar-refractivity contribution in [1.29, 1.82) is 0 Å². The minimum Gasteiger partial charge on any atom is -0.326 e. The van der Waals surface area contributed by atoms with Crippen molar-refractivity contribution in [3.05, 3.63) is 17.7 Å². The first-order valence-corrected chi connectivity index (χ1v) is 4.64. The molecular formula is C10H16N2O. The van der Waals surface area contributed by atoms with Gasteiger partial charge in [-0.3, -0.25) is 4.79 Å². The fourth-order valence-corrected chi connectivity index (χ4v) is 1.46. The lowest BCUT2D eigenvalue weighted by molar-refractivity contribution is 0.100. The van der Waals surface area contributed by atoms with Crippen molar-refractivity contribution >= 4 is 5.78 Å². The van der Waals surface area contributed by atoms with Gasteiger partial charge in [0.25, 0.3) is 0 Å². The van der Waals surface area contributed by atoms with E-state index in [1.807, 2.05) is 11.5 Å². The monoisotopic (exact) mass is 180 g/mol. The summed E-state index contributed by atoms with van der Waals surface area (Å²) in [6, 6.07) is 0. The summed E-state index contributed by atoms with van der Waals surface area (Å²) < 4.78 is 1.98. The van der Waals surface area contributed by atoms with E-state index in [1.54, 1.807) is 13.1 Å². The first-order chi connectivity index (χ1) is 6.07. The molecule has 0 radical (unpaired) electrons. The molecule has 1 rings (SSSR count). The first kappa shape index (κ1) is 9.96. The Morgan fingerprint density at radius 3 is 2.62 bits per heavy atom. The molecule has 3 heteroatoms. The zero-order valence-electron chi connectivity index (χ0n) is 8.66. The summed E-state index contributed by atoms with van der Waals surface area (Å²) in [6.45, 7) is 8.58. The maximum absolute atomic E-state index is 11.2. The molecule has 0 bridgehead atoms. The normalized spacial score (nSPS) is 10.8. The molecule has 0 aliphatic rings. The Hall–Kier alpha value is -1.12. The van der Waals surface area contributed by atoms with Gasteiger partial charge >= 0.3 is 0 Å². The number of hydrogen-bond donors (Lipinski definition) is 0. The van der Waals surface area contributed by atoms with Crippen molar-refractivity contribution < 1.29 is 4.79 Å². The van der Waals surface area contributed by atoms with Gasteiger partial charge in [0.15, 0.2) is 5.78 Å². The summed E-state index contributed by atoms with van der Waals surface area (Å²) in [5, 5.41) is 0. The van der Waals surface area contributed by atoms with Crippen molar-refractivity contribution in [3.63, 3.8) is 0 Å². The Morgan fingerprint density at radius 2 is 2.23 bits per heavy atom. The quantitative estimate of drug-likeness (QED) is 0.668. The second kappa shape index (κ2) is 3.73. The fourth-order valence-electron chi connectivity index (χ4n) is 1.46. The van der Waals surface area contributed by atoms with E-state index >= 15 is 0 Å². The van der Waals surface area contributed by atoms with Crippen LogP contribution in [0.5, 0.6) is 0 Å². The molecule has 0 aliphatic heterocycles. The third-order valence-electron chi connectivity index (χ3n) is 2.08. The summed E-state index contributed by atoms with van der Waals surface area (Å²) in [4.78, 5) is 15.5. The lowest BCUT2D eigenvalue weighted by atomic mass is 10.2. The summed E-state index contributed by atoms with van der Waals surface area (Å²) in [6.07, 6.45) is 1.67. The molecule has 0 aromatic carbocycles. The van der Waals surface area contributed by atoms with Gasteiger partial charge in [-0.15, -0.1) is 0 Å². The maximum Gasteiger partial charge on any atom is 0.177 e. The SMILES string of the molecule is CCn1c(C(C)=O)cnc1C(C)C. The van der Waals surface area contributed by atoms with Gasteiger partial charge in [0.2, 0.25) is 0 Å².